The van der Waals surface area contributed by atoms with Crippen LogP contribution in [0.25, 0.3) is 11.3 Å². The Balaban J connectivity index is 1.73. The number of amides is 1. The number of benzene rings is 1. The molecular weight excluding hydrogens is 377 g/mol. The number of aromatic nitrogens is 2. The van der Waals surface area contributed by atoms with Crippen molar-refractivity contribution in [2.75, 3.05) is 12.4 Å². The molecule has 9 heteroatoms. The molecule has 2 aromatic heterocycles. The molecule has 6 nitrogen and oxygen atoms in total. The number of hydrogen-bond acceptors (Lipinski definition) is 6. The summed E-state index contributed by atoms with van der Waals surface area (Å²) in [5, 5.41) is 4.79. The summed E-state index contributed by atoms with van der Waals surface area (Å²) in [6.07, 6.45) is 0. The SMILES string of the molecule is COc1ccc(-c2csc(NC(=O)Cn3c(C)c(C)sc3=O)n2)cc1F. The molecule has 26 heavy (non-hydrogen) atoms. The fourth-order valence-electron chi connectivity index (χ4n) is 2.36. The van der Waals surface area contributed by atoms with Crippen molar-refractivity contribution in [3.05, 3.63) is 49.6 Å². The summed E-state index contributed by atoms with van der Waals surface area (Å²) < 4.78 is 20.2. The number of ether oxygens (including phenoxy) is 1. The van der Waals surface area contributed by atoms with Crippen LogP contribution in [0.1, 0.15) is 10.6 Å². The first kappa shape index (κ1) is 18.3. The van der Waals surface area contributed by atoms with E-state index in [-0.39, 0.29) is 23.1 Å². The second kappa shape index (κ2) is 7.38. The van der Waals surface area contributed by atoms with Gasteiger partial charge < -0.3 is 10.1 Å². The molecular formula is C17H16FN3O3S2. The number of anilines is 1. The number of rotatable bonds is 5. The molecule has 0 atom stereocenters. The highest BCUT2D eigenvalue weighted by Crippen LogP contribution is 2.28. The molecule has 1 N–H and O–H groups in total. The van der Waals surface area contributed by atoms with Gasteiger partial charge in [0.05, 0.1) is 12.8 Å². The van der Waals surface area contributed by atoms with Crippen LogP contribution in [0, 0.1) is 19.7 Å². The number of nitrogens with zero attached hydrogens (tertiary/aromatic N) is 2. The van der Waals surface area contributed by atoms with Crippen molar-refractivity contribution in [2.24, 2.45) is 0 Å². The Hall–Kier alpha value is -2.52. The summed E-state index contributed by atoms with van der Waals surface area (Å²) in [5.74, 6) is -0.662. The average molecular weight is 393 g/mol. The van der Waals surface area contributed by atoms with Gasteiger partial charge in [0, 0.05) is 21.5 Å². The molecule has 0 saturated heterocycles. The van der Waals surface area contributed by atoms with Crippen molar-refractivity contribution >= 4 is 33.7 Å². The second-order valence-corrected chi connectivity index (χ2v) is 7.55. The van der Waals surface area contributed by atoms with Crippen LogP contribution in [0.5, 0.6) is 5.75 Å². The van der Waals surface area contributed by atoms with E-state index in [4.69, 9.17) is 4.74 Å². The van der Waals surface area contributed by atoms with Gasteiger partial charge in [-0.05, 0) is 32.0 Å². The lowest BCUT2D eigenvalue weighted by atomic mass is 10.1. The Morgan fingerprint density at radius 3 is 2.77 bits per heavy atom. The first-order valence-corrected chi connectivity index (χ1v) is 9.34. The van der Waals surface area contributed by atoms with Crippen molar-refractivity contribution in [1.29, 1.82) is 0 Å². The van der Waals surface area contributed by atoms with Crippen molar-refractivity contribution < 1.29 is 13.9 Å². The number of hydrogen-bond donors (Lipinski definition) is 1. The summed E-state index contributed by atoms with van der Waals surface area (Å²) in [4.78, 5) is 29.1. The Bertz CT molecular complexity index is 1020. The van der Waals surface area contributed by atoms with E-state index < -0.39 is 5.82 Å². The Morgan fingerprint density at radius 2 is 2.15 bits per heavy atom. The van der Waals surface area contributed by atoms with Gasteiger partial charge in [-0.3, -0.25) is 14.2 Å². The smallest absolute Gasteiger partial charge is 0.308 e. The lowest BCUT2D eigenvalue weighted by Gasteiger charge is -2.05. The molecule has 0 aliphatic carbocycles. The van der Waals surface area contributed by atoms with Crippen LogP contribution < -0.4 is 14.9 Å². The minimum absolute atomic E-state index is 0.0684. The first-order chi connectivity index (χ1) is 12.4. The highest BCUT2D eigenvalue weighted by atomic mass is 32.1. The number of carbonyl (C=O) groups excluding carboxylic acids is 1. The highest BCUT2D eigenvalue weighted by molar-refractivity contribution is 7.14. The quantitative estimate of drug-likeness (QED) is 0.721. The van der Waals surface area contributed by atoms with E-state index >= 15 is 0 Å². The number of methoxy groups -OCH3 is 1. The van der Waals surface area contributed by atoms with Crippen LogP contribution in [-0.2, 0) is 11.3 Å². The largest absolute Gasteiger partial charge is 0.494 e. The van der Waals surface area contributed by atoms with Crippen LogP contribution in [0.2, 0.25) is 0 Å². The molecule has 0 saturated carbocycles. The number of aryl methyl sites for hydroxylation is 1. The van der Waals surface area contributed by atoms with E-state index in [2.05, 4.69) is 10.3 Å². The molecule has 0 fully saturated rings. The third-order valence-corrected chi connectivity index (χ3v) is 5.63. The predicted molar refractivity (Wildman–Crippen MR) is 101 cm³/mol. The molecule has 2 heterocycles. The third-order valence-electron chi connectivity index (χ3n) is 3.87. The van der Waals surface area contributed by atoms with Crippen molar-refractivity contribution in [3.63, 3.8) is 0 Å². The van der Waals surface area contributed by atoms with Gasteiger partial charge in [0.25, 0.3) is 0 Å². The van der Waals surface area contributed by atoms with E-state index in [1.807, 2.05) is 6.92 Å². The lowest BCUT2D eigenvalue weighted by molar-refractivity contribution is -0.116. The van der Waals surface area contributed by atoms with E-state index in [0.717, 1.165) is 21.9 Å². The Labute approximate surface area is 156 Å². The summed E-state index contributed by atoms with van der Waals surface area (Å²) in [5.41, 5.74) is 1.91. The van der Waals surface area contributed by atoms with Crippen molar-refractivity contribution in [3.8, 4) is 17.0 Å². The monoisotopic (exact) mass is 393 g/mol. The molecule has 136 valence electrons. The minimum atomic E-state index is -0.480. The van der Waals surface area contributed by atoms with Crippen LogP contribution >= 0.6 is 22.7 Å². The van der Waals surface area contributed by atoms with E-state index in [1.165, 1.54) is 35.1 Å². The molecule has 3 rings (SSSR count). The van der Waals surface area contributed by atoms with E-state index in [9.17, 15) is 14.0 Å². The summed E-state index contributed by atoms with van der Waals surface area (Å²) in [6, 6.07) is 4.55. The molecule has 3 aromatic rings. The fourth-order valence-corrected chi connectivity index (χ4v) is 3.93. The highest BCUT2D eigenvalue weighted by Gasteiger charge is 2.14. The first-order valence-electron chi connectivity index (χ1n) is 7.65. The molecule has 0 unspecified atom stereocenters. The maximum absolute atomic E-state index is 13.8. The average Bonchev–Trinajstić information content (AvgIpc) is 3.15. The van der Waals surface area contributed by atoms with Gasteiger partial charge >= 0.3 is 4.87 Å². The van der Waals surface area contributed by atoms with Gasteiger partial charge in [-0.15, -0.1) is 11.3 Å². The zero-order valence-electron chi connectivity index (χ0n) is 14.3. The fraction of sp³-hybridized carbons (Fsp3) is 0.235. The Kier molecular flexibility index (Phi) is 5.19. The van der Waals surface area contributed by atoms with Gasteiger partial charge in [-0.1, -0.05) is 11.3 Å². The minimum Gasteiger partial charge on any atom is -0.494 e. The Morgan fingerprint density at radius 1 is 1.38 bits per heavy atom. The maximum atomic E-state index is 13.8. The van der Waals surface area contributed by atoms with Crippen LogP contribution in [0.15, 0.2) is 28.4 Å². The van der Waals surface area contributed by atoms with E-state index in [1.54, 1.807) is 18.4 Å². The summed E-state index contributed by atoms with van der Waals surface area (Å²) in [7, 11) is 1.40. The number of nitrogens with one attached hydrogen (secondary N) is 1. The lowest BCUT2D eigenvalue weighted by Crippen LogP contribution is -2.25. The zero-order chi connectivity index (χ0) is 18.8. The second-order valence-electron chi connectivity index (χ2n) is 5.53. The van der Waals surface area contributed by atoms with Gasteiger partial charge in [0.2, 0.25) is 5.91 Å². The van der Waals surface area contributed by atoms with Gasteiger partial charge in [-0.25, -0.2) is 9.37 Å². The van der Waals surface area contributed by atoms with Crippen LogP contribution in [-0.4, -0.2) is 22.6 Å². The topological polar surface area (TPSA) is 73.2 Å². The number of halogens is 1. The normalized spacial score (nSPS) is 10.8. The molecule has 0 radical (unpaired) electrons. The van der Waals surface area contributed by atoms with Crippen LogP contribution in [0.4, 0.5) is 9.52 Å². The third kappa shape index (κ3) is 3.68. The number of thiazole rings is 2. The van der Waals surface area contributed by atoms with Gasteiger partial charge in [-0.2, -0.15) is 0 Å². The van der Waals surface area contributed by atoms with Crippen molar-refractivity contribution in [1.82, 2.24) is 9.55 Å². The standard InChI is InChI=1S/C17H16FN3O3S2/c1-9-10(2)26-17(23)21(9)7-15(22)20-16-19-13(8-25-16)11-4-5-14(24-3)12(18)6-11/h4-6,8H,7H2,1-3H3,(H,19,20,22). The van der Waals surface area contributed by atoms with Crippen molar-refractivity contribution in [2.45, 2.75) is 20.4 Å². The molecule has 0 aliphatic rings. The maximum Gasteiger partial charge on any atom is 0.308 e. The van der Waals surface area contributed by atoms with E-state index in [0.29, 0.717) is 16.4 Å². The predicted octanol–water partition coefficient (Wildman–Crippen LogP) is 3.44. The summed E-state index contributed by atoms with van der Waals surface area (Å²) in [6.45, 7) is 3.58. The summed E-state index contributed by atoms with van der Waals surface area (Å²) >= 11 is 2.35. The van der Waals surface area contributed by atoms with Gasteiger partial charge in [0.1, 0.15) is 6.54 Å². The molecule has 0 spiro atoms. The molecule has 0 aliphatic heterocycles. The molecule has 1 amide bonds. The molecule has 1 aromatic carbocycles. The van der Waals surface area contributed by atoms with Gasteiger partial charge in [0.15, 0.2) is 16.7 Å². The van der Waals surface area contributed by atoms with Crippen LogP contribution in [0.3, 0.4) is 0 Å². The molecule has 0 bridgehead atoms. The zero-order valence-corrected chi connectivity index (χ0v) is 16.0. The number of carbonyl (C=O) groups is 1.